The lowest BCUT2D eigenvalue weighted by Crippen LogP contribution is -2.52. The third-order valence-corrected chi connectivity index (χ3v) is 10.2. The maximum atomic E-state index is 17.2. The fourth-order valence-electron chi connectivity index (χ4n) is 8.18. The van der Waals surface area contributed by atoms with Crippen molar-refractivity contribution in [3.63, 3.8) is 0 Å². The number of aliphatic hydroxyl groups excluding tert-OH is 1. The second kappa shape index (κ2) is 11.2. The van der Waals surface area contributed by atoms with E-state index in [0.717, 1.165) is 19.4 Å². The van der Waals surface area contributed by atoms with Gasteiger partial charge in [-0.25, -0.2) is 8.78 Å². The van der Waals surface area contributed by atoms with Crippen LogP contribution in [0.3, 0.4) is 0 Å². The molecule has 238 valence electrons. The number of nitrogens with one attached hydrogen (secondary N) is 1. The molecule has 4 N–H and O–H groups in total. The lowest BCUT2D eigenvalue weighted by molar-refractivity contribution is 0.107. The molecule has 9 nitrogen and oxygen atoms in total. The Morgan fingerprint density at radius 3 is 2.70 bits per heavy atom. The van der Waals surface area contributed by atoms with Gasteiger partial charge >= 0.3 is 6.01 Å². The molecule has 2 bridgehead atoms. The first-order valence-electron chi connectivity index (χ1n) is 15.9. The number of ether oxygens (including phenoxy) is 1. The van der Waals surface area contributed by atoms with Crippen molar-refractivity contribution in [1.82, 2.24) is 20.2 Å². The van der Waals surface area contributed by atoms with Gasteiger partial charge in [0.2, 0.25) is 0 Å². The molecule has 4 aromatic rings. The molecule has 4 unspecified atom stereocenters. The Bertz CT molecular complexity index is 2060. The van der Waals surface area contributed by atoms with Crippen LogP contribution < -0.4 is 20.7 Å². The summed E-state index contributed by atoms with van der Waals surface area (Å²) in [5, 5.41) is 25.1. The van der Waals surface area contributed by atoms with E-state index in [4.69, 9.17) is 21.9 Å². The number of fused-ring (bicyclic) bond motifs is 5. The number of nitriles is 1. The molecule has 0 aliphatic carbocycles. The van der Waals surface area contributed by atoms with Crippen LogP contribution in [-0.4, -0.2) is 70.4 Å². The molecule has 3 saturated heterocycles. The molecular weight excluding hydrogens is 600 g/mol. The van der Waals surface area contributed by atoms with E-state index in [1.807, 2.05) is 0 Å². The first kappa shape index (κ1) is 29.6. The zero-order valence-electron chi connectivity index (χ0n) is 25.6. The van der Waals surface area contributed by atoms with Gasteiger partial charge in [0.25, 0.3) is 0 Å². The van der Waals surface area contributed by atoms with E-state index in [2.05, 4.69) is 44.2 Å². The van der Waals surface area contributed by atoms with Gasteiger partial charge in [-0.2, -0.15) is 15.2 Å². The molecule has 11 heteroatoms. The quantitative estimate of drug-likeness (QED) is 0.162. The fraction of sp³-hybridized carbons (Fsp3) is 0.361. The Labute approximate surface area is 270 Å². The van der Waals surface area contributed by atoms with Gasteiger partial charge in [-0.1, -0.05) is 24.1 Å². The predicted octanol–water partition coefficient (Wildman–Crippen LogP) is 4.26. The van der Waals surface area contributed by atoms with Gasteiger partial charge in [0, 0.05) is 53.7 Å². The molecule has 3 fully saturated rings. The number of halogens is 2. The molecular formula is C36H33F2N7O2. The summed E-state index contributed by atoms with van der Waals surface area (Å²) in [7, 11) is 0. The van der Waals surface area contributed by atoms with Crippen LogP contribution in [0, 0.1) is 41.2 Å². The number of rotatable bonds is 6. The minimum Gasteiger partial charge on any atom is -0.461 e. The number of piperazine rings is 1. The Balaban J connectivity index is 1.31. The summed E-state index contributed by atoms with van der Waals surface area (Å²) in [5.41, 5.74) is 6.84. The number of nitrogen functional groups attached to an aromatic ring is 1. The van der Waals surface area contributed by atoms with Crippen molar-refractivity contribution in [1.29, 1.82) is 5.26 Å². The summed E-state index contributed by atoms with van der Waals surface area (Å²) in [6.45, 7) is 2.57. The van der Waals surface area contributed by atoms with E-state index in [0.29, 0.717) is 53.7 Å². The van der Waals surface area contributed by atoms with E-state index in [-0.39, 0.29) is 63.9 Å². The molecule has 1 aromatic heterocycles. The van der Waals surface area contributed by atoms with Crippen molar-refractivity contribution in [3.8, 4) is 35.6 Å². The molecule has 0 radical (unpaired) electrons. The van der Waals surface area contributed by atoms with Crippen molar-refractivity contribution in [2.45, 2.75) is 43.5 Å². The number of hydrogen-bond donors (Lipinski definition) is 3. The van der Waals surface area contributed by atoms with Gasteiger partial charge in [-0.05, 0) is 66.6 Å². The van der Waals surface area contributed by atoms with Crippen LogP contribution >= 0.6 is 0 Å². The average Bonchev–Trinajstić information content (AvgIpc) is 3.74. The second-order valence-corrected chi connectivity index (χ2v) is 13.1. The monoisotopic (exact) mass is 633 g/mol. The standard InChI is InChI=1S/C36H33F2N7O2/c1-2-26-29(37)7-4-21-10-23(40)12-27(30(21)26)31-22(18-46)11-28-33(32(31)38)42-35(43-34(28)44-16-24-5-6-25(17-44)41-24)47-19-36-8-3-9-45(36)15-20(13-36)14-39/h1,4-7,10-12,20,24-25,41,46H,3,8-9,13,15-19,40H2. The first-order valence-corrected chi connectivity index (χ1v) is 15.9. The van der Waals surface area contributed by atoms with Crippen LogP contribution in [0.15, 0.2) is 42.5 Å². The van der Waals surface area contributed by atoms with Gasteiger partial charge in [-0.15, -0.1) is 6.42 Å². The summed E-state index contributed by atoms with van der Waals surface area (Å²) in [6.07, 6.45) is 12.6. The van der Waals surface area contributed by atoms with Gasteiger partial charge in [0.1, 0.15) is 23.8 Å². The molecule has 4 aliphatic rings. The smallest absolute Gasteiger partial charge is 0.319 e. The van der Waals surface area contributed by atoms with Crippen LogP contribution in [0.2, 0.25) is 0 Å². The number of hydrogen-bond acceptors (Lipinski definition) is 9. The topological polar surface area (TPSA) is 124 Å². The lowest BCUT2D eigenvalue weighted by atomic mass is 9.90. The molecule has 0 spiro atoms. The molecule has 3 aromatic carbocycles. The minimum atomic E-state index is -0.721. The van der Waals surface area contributed by atoms with Gasteiger partial charge in [-0.3, -0.25) is 4.90 Å². The van der Waals surface area contributed by atoms with Crippen LogP contribution in [0.5, 0.6) is 6.01 Å². The van der Waals surface area contributed by atoms with Crippen LogP contribution in [-0.2, 0) is 6.61 Å². The maximum Gasteiger partial charge on any atom is 0.319 e. The van der Waals surface area contributed by atoms with Gasteiger partial charge in [0.15, 0.2) is 5.82 Å². The van der Waals surface area contributed by atoms with Crippen molar-refractivity contribution >= 4 is 33.2 Å². The number of terminal acetylenes is 1. The molecule has 0 saturated carbocycles. The molecule has 47 heavy (non-hydrogen) atoms. The van der Waals surface area contributed by atoms with Crippen molar-refractivity contribution in [2.24, 2.45) is 5.92 Å². The lowest BCUT2D eigenvalue weighted by Gasteiger charge is -2.35. The summed E-state index contributed by atoms with van der Waals surface area (Å²) in [6, 6.07) is 10.4. The average molecular weight is 634 g/mol. The highest BCUT2D eigenvalue weighted by Gasteiger charge is 2.49. The highest BCUT2D eigenvalue weighted by atomic mass is 19.1. The van der Waals surface area contributed by atoms with E-state index in [1.165, 1.54) is 6.07 Å². The molecule has 4 aliphatic heterocycles. The first-order chi connectivity index (χ1) is 22.8. The Morgan fingerprint density at radius 1 is 1.15 bits per heavy atom. The van der Waals surface area contributed by atoms with E-state index >= 15 is 4.39 Å². The maximum absolute atomic E-state index is 17.2. The largest absolute Gasteiger partial charge is 0.461 e. The summed E-state index contributed by atoms with van der Waals surface area (Å²) < 4.78 is 38.6. The fourth-order valence-corrected chi connectivity index (χ4v) is 8.18. The summed E-state index contributed by atoms with van der Waals surface area (Å²) >= 11 is 0. The Kier molecular flexibility index (Phi) is 7.03. The summed E-state index contributed by atoms with van der Waals surface area (Å²) in [4.78, 5) is 13.9. The Hall–Kier alpha value is -4.81. The van der Waals surface area contributed by atoms with E-state index in [9.17, 15) is 14.8 Å². The molecule has 0 amide bonds. The number of nitrogens with two attached hydrogens (primary N) is 1. The van der Waals surface area contributed by atoms with Crippen molar-refractivity contribution in [3.05, 3.63) is 65.2 Å². The number of nitrogens with zero attached hydrogens (tertiary/aromatic N) is 5. The minimum absolute atomic E-state index is 0.00683. The van der Waals surface area contributed by atoms with Crippen molar-refractivity contribution in [2.75, 3.05) is 43.4 Å². The molecule has 8 rings (SSSR count). The predicted molar refractivity (Wildman–Crippen MR) is 175 cm³/mol. The highest BCUT2D eigenvalue weighted by Crippen LogP contribution is 2.44. The Morgan fingerprint density at radius 2 is 1.96 bits per heavy atom. The van der Waals surface area contributed by atoms with Gasteiger partial charge < -0.3 is 25.8 Å². The van der Waals surface area contributed by atoms with Crippen LogP contribution in [0.25, 0.3) is 32.8 Å². The van der Waals surface area contributed by atoms with Gasteiger partial charge in [0.05, 0.1) is 29.7 Å². The van der Waals surface area contributed by atoms with Crippen LogP contribution in [0.1, 0.15) is 30.4 Å². The molecule has 5 heterocycles. The van der Waals surface area contributed by atoms with Crippen LogP contribution in [0.4, 0.5) is 20.3 Å². The number of aliphatic hydroxyl groups is 1. The zero-order valence-corrected chi connectivity index (χ0v) is 25.6. The molecule has 4 atom stereocenters. The number of anilines is 2. The third kappa shape index (κ3) is 4.77. The normalized spacial score (nSPS) is 25.0. The van der Waals surface area contributed by atoms with E-state index < -0.39 is 18.2 Å². The SMILES string of the molecule is C#Cc1c(F)ccc2cc(N)cc(-c3c(CO)cc4c(N5CC6C=CC(C5)N6)nc(OCC56CCCN5CC(C#N)C6)nc4c3F)c12. The summed E-state index contributed by atoms with van der Waals surface area (Å²) in [5.74, 6) is 1.51. The number of aromatic nitrogens is 2. The zero-order chi connectivity index (χ0) is 32.4. The number of benzene rings is 3. The van der Waals surface area contributed by atoms with E-state index in [1.54, 1.807) is 24.3 Å². The highest BCUT2D eigenvalue weighted by molar-refractivity contribution is 6.05. The second-order valence-electron chi connectivity index (χ2n) is 13.1. The third-order valence-electron chi connectivity index (χ3n) is 10.2. The van der Waals surface area contributed by atoms with Crippen molar-refractivity contribution < 1.29 is 18.6 Å².